The first kappa shape index (κ1) is 15.8. The number of hydrogen-bond acceptors (Lipinski definition) is 5. The number of esters is 1. The molecule has 0 aliphatic carbocycles. The van der Waals surface area contributed by atoms with Gasteiger partial charge in [0, 0.05) is 19.4 Å². The van der Waals surface area contributed by atoms with Crippen molar-refractivity contribution >= 4 is 11.9 Å². The maximum atomic E-state index is 12.4. The van der Waals surface area contributed by atoms with E-state index in [0.29, 0.717) is 18.5 Å². The number of hydrogen-bond donors (Lipinski definition) is 1. The number of ether oxygens (including phenoxy) is 1. The van der Waals surface area contributed by atoms with Crippen LogP contribution in [-0.2, 0) is 35.5 Å². The zero-order chi connectivity index (χ0) is 17.2. The molecule has 2 aliphatic rings. The summed E-state index contributed by atoms with van der Waals surface area (Å²) >= 11 is 0. The highest BCUT2D eigenvalue weighted by Crippen LogP contribution is 2.20. The molecule has 1 atom stereocenters. The SMILES string of the molecule is O=C1OC(C(=O)NCc2nnc3n2CCCCC3)Cc2ccccc21. The second-order valence-corrected chi connectivity index (χ2v) is 6.47. The van der Waals surface area contributed by atoms with E-state index in [1.165, 1.54) is 6.42 Å². The van der Waals surface area contributed by atoms with Gasteiger partial charge in [-0.15, -0.1) is 10.2 Å². The Bertz CT molecular complexity index is 814. The van der Waals surface area contributed by atoms with Gasteiger partial charge >= 0.3 is 5.97 Å². The van der Waals surface area contributed by atoms with Crippen LogP contribution in [0.2, 0.25) is 0 Å². The normalized spacial score (nSPS) is 19.4. The van der Waals surface area contributed by atoms with Gasteiger partial charge in [0.25, 0.3) is 5.91 Å². The summed E-state index contributed by atoms with van der Waals surface area (Å²) in [6, 6.07) is 7.22. The number of rotatable bonds is 3. The van der Waals surface area contributed by atoms with Gasteiger partial charge in [-0.05, 0) is 24.5 Å². The Labute approximate surface area is 145 Å². The number of nitrogens with one attached hydrogen (secondary N) is 1. The Morgan fingerprint density at radius 1 is 1.24 bits per heavy atom. The fourth-order valence-corrected chi connectivity index (χ4v) is 3.43. The summed E-state index contributed by atoms with van der Waals surface area (Å²) in [5, 5.41) is 11.3. The quantitative estimate of drug-likeness (QED) is 0.854. The topological polar surface area (TPSA) is 86.1 Å². The fraction of sp³-hybridized carbons (Fsp3) is 0.444. The van der Waals surface area contributed by atoms with E-state index in [2.05, 4.69) is 20.1 Å². The summed E-state index contributed by atoms with van der Waals surface area (Å²) < 4.78 is 7.38. The van der Waals surface area contributed by atoms with Crippen LogP contribution < -0.4 is 5.32 Å². The molecule has 7 nitrogen and oxygen atoms in total. The van der Waals surface area contributed by atoms with Crippen LogP contribution in [0.25, 0.3) is 0 Å². The molecule has 0 fully saturated rings. The fourth-order valence-electron chi connectivity index (χ4n) is 3.43. The largest absolute Gasteiger partial charge is 0.448 e. The predicted octanol–water partition coefficient (Wildman–Crippen LogP) is 1.40. The second-order valence-electron chi connectivity index (χ2n) is 6.47. The number of benzene rings is 1. The Morgan fingerprint density at radius 3 is 3.04 bits per heavy atom. The molecule has 3 heterocycles. The third kappa shape index (κ3) is 3.14. The van der Waals surface area contributed by atoms with Crippen molar-refractivity contribution in [1.82, 2.24) is 20.1 Å². The zero-order valence-electron chi connectivity index (χ0n) is 13.9. The van der Waals surface area contributed by atoms with Crippen molar-refractivity contribution in [3.8, 4) is 0 Å². The smallest absolute Gasteiger partial charge is 0.339 e. The predicted molar refractivity (Wildman–Crippen MR) is 88.8 cm³/mol. The van der Waals surface area contributed by atoms with Crippen molar-refractivity contribution in [1.29, 1.82) is 0 Å². The van der Waals surface area contributed by atoms with Crippen LogP contribution in [0.3, 0.4) is 0 Å². The Balaban J connectivity index is 1.42. The van der Waals surface area contributed by atoms with E-state index in [-0.39, 0.29) is 5.91 Å². The highest BCUT2D eigenvalue weighted by Gasteiger charge is 2.31. The van der Waals surface area contributed by atoms with E-state index in [1.54, 1.807) is 12.1 Å². The summed E-state index contributed by atoms with van der Waals surface area (Å²) in [4.78, 5) is 24.5. The first-order chi connectivity index (χ1) is 12.2. The lowest BCUT2D eigenvalue weighted by atomic mass is 9.98. The van der Waals surface area contributed by atoms with Crippen LogP contribution in [0.4, 0.5) is 0 Å². The minimum Gasteiger partial charge on any atom is -0.448 e. The van der Waals surface area contributed by atoms with Crippen LogP contribution in [0, 0.1) is 0 Å². The molecule has 0 spiro atoms. The van der Waals surface area contributed by atoms with Gasteiger partial charge in [-0.1, -0.05) is 24.6 Å². The van der Waals surface area contributed by atoms with E-state index in [4.69, 9.17) is 4.74 Å². The first-order valence-electron chi connectivity index (χ1n) is 8.70. The van der Waals surface area contributed by atoms with Gasteiger partial charge < -0.3 is 14.6 Å². The lowest BCUT2D eigenvalue weighted by Crippen LogP contribution is -2.41. The molecule has 1 unspecified atom stereocenters. The van der Waals surface area contributed by atoms with Crippen LogP contribution in [0.15, 0.2) is 24.3 Å². The summed E-state index contributed by atoms with van der Waals surface area (Å²) in [6.07, 6.45) is 3.94. The maximum absolute atomic E-state index is 12.4. The van der Waals surface area contributed by atoms with Crippen molar-refractivity contribution < 1.29 is 14.3 Å². The molecule has 1 aromatic heterocycles. The molecule has 1 amide bonds. The summed E-state index contributed by atoms with van der Waals surface area (Å²) in [6.45, 7) is 1.18. The van der Waals surface area contributed by atoms with Crippen LogP contribution >= 0.6 is 0 Å². The average molecular weight is 340 g/mol. The van der Waals surface area contributed by atoms with Crippen molar-refractivity contribution in [3.05, 3.63) is 47.0 Å². The zero-order valence-corrected chi connectivity index (χ0v) is 13.9. The third-order valence-electron chi connectivity index (χ3n) is 4.79. The van der Waals surface area contributed by atoms with Crippen molar-refractivity contribution in [3.63, 3.8) is 0 Å². The van der Waals surface area contributed by atoms with Crippen LogP contribution in [-0.4, -0.2) is 32.7 Å². The minimum absolute atomic E-state index is 0.293. The summed E-state index contributed by atoms with van der Waals surface area (Å²) in [5.41, 5.74) is 1.38. The molecule has 4 rings (SSSR count). The van der Waals surface area contributed by atoms with Gasteiger partial charge in [0.2, 0.25) is 0 Å². The number of cyclic esters (lactones) is 1. The Hall–Kier alpha value is -2.70. The highest BCUT2D eigenvalue weighted by molar-refractivity contribution is 5.95. The second kappa shape index (κ2) is 6.66. The number of amides is 1. The molecule has 2 aromatic rings. The molecule has 7 heteroatoms. The first-order valence-corrected chi connectivity index (χ1v) is 8.70. The van der Waals surface area contributed by atoms with Gasteiger partial charge in [-0.2, -0.15) is 0 Å². The molecular formula is C18H20N4O3. The standard InChI is InChI=1S/C18H20N4O3/c23-17(14-10-12-6-3-4-7-13(12)18(24)25-14)19-11-16-21-20-15-8-2-1-5-9-22(15)16/h3-4,6-7,14H,1-2,5,8-11H2,(H,19,23). The van der Waals surface area contributed by atoms with Crippen molar-refractivity contribution in [2.24, 2.45) is 0 Å². The lowest BCUT2D eigenvalue weighted by Gasteiger charge is -2.23. The van der Waals surface area contributed by atoms with Gasteiger partial charge in [-0.3, -0.25) is 4.79 Å². The van der Waals surface area contributed by atoms with Gasteiger partial charge in [0.05, 0.1) is 12.1 Å². The maximum Gasteiger partial charge on any atom is 0.339 e. The summed E-state index contributed by atoms with van der Waals surface area (Å²) in [5.74, 6) is 1.000. The molecule has 1 N–H and O–H groups in total. The number of carbonyl (C=O) groups excluding carboxylic acids is 2. The number of aromatic nitrogens is 3. The number of carbonyl (C=O) groups is 2. The van der Waals surface area contributed by atoms with E-state index in [9.17, 15) is 9.59 Å². The number of nitrogens with zero attached hydrogens (tertiary/aromatic N) is 3. The molecule has 25 heavy (non-hydrogen) atoms. The average Bonchev–Trinajstić information content (AvgIpc) is 2.86. The summed E-state index contributed by atoms with van der Waals surface area (Å²) in [7, 11) is 0. The number of fused-ring (bicyclic) bond motifs is 2. The molecule has 1 aromatic carbocycles. The van der Waals surface area contributed by atoms with E-state index in [1.807, 2.05) is 12.1 Å². The van der Waals surface area contributed by atoms with Gasteiger partial charge in [0.15, 0.2) is 11.9 Å². The van der Waals surface area contributed by atoms with Crippen LogP contribution in [0.1, 0.15) is 46.8 Å². The van der Waals surface area contributed by atoms with Crippen LogP contribution in [0.5, 0.6) is 0 Å². The van der Waals surface area contributed by atoms with Crippen molar-refractivity contribution in [2.75, 3.05) is 0 Å². The lowest BCUT2D eigenvalue weighted by molar-refractivity contribution is -0.130. The van der Waals surface area contributed by atoms with E-state index in [0.717, 1.165) is 43.0 Å². The number of aryl methyl sites for hydroxylation is 1. The molecule has 0 radical (unpaired) electrons. The molecular weight excluding hydrogens is 320 g/mol. The molecule has 0 saturated carbocycles. The van der Waals surface area contributed by atoms with Crippen molar-refractivity contribution in [2.45, 2.75) is 51.3 Å². The van der Waals surface area contributed by atoms with Gasteiger partial charge in [-0.25, -0.2) is 4.79 Å². The molecule has 0 saturated heterocycles. The third-order valence-corrected chi connectivity index (χ3v) is 4.79. The van der Waals surface area contributed by atoms with E-state index >= 15 is 0 Å². The molecule has 0 bridgehead atoms. The monoisotopic (exact) mass is 340 g/mol. The molecule has 130 valence electrons. The highest BCUT2D eigenvalue weighted by atomic mass is 16.5. The minimum atomic E-state index is -0.797. The Morgan fingerprint density at radius 2 is 2.12 bits per heavy atom. The van der Waals surface area contributed by atoms with Gasteiger partial charge in [0.1, 0.15) is 5.82 Å². The molecule has 2 aliphatic heterocycles. The van der Waals surface area contributed by atoms with E-state index < -0.39 is 12.1 Å². The Kier molecular flexibility index (Phi) is 4.21.